The molecule has 0 saturated heterocycles. The van der Waals surface area contributed by atoms with E-state index in [1.807, 2.05) is 69.3 Å². The molecule has 3 amide bonds. The van der Waals surface area contributed by atoms with Gasteiger partial charge in [-0.25, -0.2) is 4.79 Å². The molecule has 178 valence electrons. The fraction of sp³-hybridized carbons (Fsp3) is 0.308. The summed E-state index contributed by atoms with van der Waals surface area (Å²) in [7, 11) is 0. The largest absolute Gasteiger partial charge is 0.467 e. The van der Waals surface area contributed by atoms with Gasteiger partial charge in [0.05, 0.1) is 12.8 Å². The average molecular weight is 464 g/mol. The lowest BCUT2D eigenvalue weighted by Crippen LogP contribution is -2.47. The van der Waals surface area contributed by atoms with Crippen molar-refractivity contribution < 1.29 is 23.5 Å². The highest BCUT2D eigenvalue weighted by atomic mass is 16.7. The highest BCUT2D eigenvalue weighted by molar-refractivity contribution is 5.92. The van der Waals surface area contributed by atoms with Crippen molar-refractivity contribution in [1.82, 2.24) is 9.80 Å². The Hall–Kier alpha value is -3.94. The van der Waals surface area contributed by atoms with Crippen LogP contribution in [0.5, 0.6) is 11.5 Å². The van der Waals surface area contributed by atoms with Crippen LogP contribution in [0.2, 0.25) is 0 Å². The van der Waals surface area contributed by atoms with Crippen molar-refractivity contribution in [3.63, 3.8) is 0 Å². The number of nitrogens with one attached hydrogen (secondary N) is 1. The van der Waals surface area contributed by atoms with Gasteiger partial charge in [0.25, 0.3) is 0 Å². The lowest BCUT2D eigenvalue weighted by atomic mass is 10.1. The molecule has 0 aliphatic carbocycles. The number of hydrogen-bond donors (Lipinski definition) is 1. The minimum atomic E-state index is -0.326. The maximum Gasteiger partial charge on any atom is 0.322 e. The average Bonchev–Trinajstić information content (AvgIpc) is 3.49. The molecule has 8 nitrogen and oxygen atoms in total. The van der Waals surface area contributed by atoms with E-state index in [0.29, 0.717) is 29.5 Å². The maximum atomic E-state index is 13.4. The molecule has 0 spiro atoms. The van der Waals surface area contributed by atoms with Crippen LogP contribution < -0.4 is 14.8 Å². The maximum absolute atomic E-state index is 13.4. The number of aryl methyl sites for hydroxylation is 1. The number of benzene rings is 2. The van der Waals surface area contributed by atoms with Crippen molar-refractivity contribution in [2.45, 2.75) is 39.9 Å². The molecule has 4 rings (SSSR count). The number of hydrogen-bond acceptors (Lipinski definition) is 5. The minimum Gasteiger partial charge on any atom is -0.467 e. The number of urea groups is 1. The number of furan rings is 1. The van der Waals surface area contributed by atoms with Gasteiger partial charge in [-0.2, -0.15) is 0 Å². The van der Waals surface area contributed by atoms with Gasteiger partial charge in [0, 0.05) is 18.3 Å². The van der Waals surface area contributed by atoms with Gasteiger partial charge in [-0.15, -0.1) is 0 Å². The van der Waals surface area contributed by atoms with Crippen molar-refractivity contribution in [3.05, 3.63) is 77.7 Å². The van der Waals surface area contributed by atoms with Crippen LogP contribution in [0.3, 0.4) is 0 Å². The number of nitrogens with zero attached hydrogens (tertiary/aromatic N) is 2. The monoisotopic (exact) mass is 463 g/mol. The van der Waals surface area contributed by atoms with Gasteiger partial charge in [-0.3, -0.25) is 4.79 Å². The zero-order chi connectivity index (χ0) is 24.1. The van der Waals surface area contributed by atoms with Crippen LogP contribution in [0.25, 0.3) is 0 Å². The number of anilines is 1. The summed E-state index contributed by atoms with van der Waals surface area (Å²) in [5, 5.41) is 2.89. The second-order valence-corrected chi connectivity index (χ2v) is 8.53. The number of rotatable bonds is 8. The molecule has 2 aromatic carbocycles. The van der Waals surface area contributed by atoms with Gasteiger partial charge in [0.1, 0.15) is 12.3 Å². The number of carbonyl (C=O) groups is 2. The summed E-state index contributed by atoms with van der Waals surface area (Å²) in [5.74, 6) is 1.81. The van der Waals surface area contributed by atoms with Gasteiger partial charge in [0.2, 0.25) is 12.7 Å². The van der Waals surface area contributed by atoms with Crippen molar-refractivity contribution in [3.8, 4) is 11.5 Å². The van der Waals surface area contributed by atoms with Gasteiger partial charge in [-0.05, 0) is 62.7 Å². The Morgan fingerprint density at radius 3 is 2.47 bits per heavy atom. The Kier molecular flexibility index (Phi) is 7.06. The summed E-state index contributed by atoms with van der Waals surface area (Å²) in [4.78, 5) is 29.6. The number of amides is 3. The van der Waals surface area contributed by atoms with Gasteiger partial charge in [0.15, 0.2) is 11.5 Å². The molecule has 0 bridgehead atoms. The summed E-state index contributed by atoms with van der Waals surface area (Å²) >= 11 is 0. The third kappa shape index (κ3) is 5.70. The molecular formula is C26H29N3O5. The van der Waals surface area contributed by atoms with E-state index in [1.54, 1.807) is 17.2 Å². The quantitative estimate of drug-likeness (QED) is 0.519. The highest BCUT2D eigenvalue weighted by Crippen LogP contribution is 2.33. The molecule has 0 unspecified atom stereocenters. The van der Waals surface area contributed by atoms with Gasteiger partial charge in [-0.1, -0.05) is 23.8 Å². The van der Waals surface area contributed by atoms with E-state index in [4.69, 9.17) is 13.9 Å². The first-order valence-corrected chi connectivity index (χ1v) is 11.2. The van der Waals surface area contributed by atoms with Crippen molar-refractivity contribution >= 4 is 17.6 Å². The molecule has 0 fully saturated rings. The molecule has 34 heavy (non-hydrogen) atoms. The van der Waals surface area contributed by atoms with Crippen molar-refractivity contribution in [1.29, 1.82) is 0 Å². The van der Waals surface area contributed by atoms with Crippen LogP contribution >= 0.6 is 0 Å². The second-order valence-electron chi connectivity index (χ2n) is 8.53. The molecule has 1 aliphatic heterocycles. The van der Waals surface area contributed by atoms with Crippen LogP contribution in [0.15, 0.2) is 65.3 Å². The Bertz CT molecular complexity index is 1130. The number of fused-ring (bicyclic) bond motifs is 1. The molecule has 8 heteroatoms. The normalized spacial score (nSPS) is 12.0. The number of carbonyl (C=O) groups excluding carboxylic acids is 2. The van der Waals surface area contributed by atoms with Crippen LogP contribution in [-0.4, -0.2) is 41.1 Å². The smallest absolute Gasteiger partial charge is 0.322 e. The van der Waals surface area contributed by atoms with Gasteiger partial charge >= 0.3 is 6.03 Å². The fourth-order valence-corrected chi connectivity index (χ4v) is 3.65. The zero-order valence-corrected chi connectivity index (χ0v) is 19.6. The van der Waals surface area contributed by atoms with Crippen LogP contribution in [0.1, 0.15) is 30.7 Å². The van der Waals surface area contributed by atoms with Crippen molar-refractivity contribution in [2.24, 2.45) is 0 Å². The molecule has 3 aromatic rings. The SMILES string of the molecule is Cc1ccc(NC(=O)N(CC(=O)N(Cc2ccc3c(c2)OCO3)Cc2ccco2)C(C)C)cc1. The summed E-state index contributed by atoms with van der Waals surface area (Å²) < 4.78 is 16.3. The molecule has 1 N–H and O–H groups in total. The Labute approximate surface area is 199 Å². The molecular weight excluding hydrogens is 434 g/mol. The summed E-state index contributed by atoms with van der Waals surface area (Å²) in [6.07, 6.45) is 1.58. The number of ether oxygens (including phenoxy) is 2. The van der Waals surface area contributed by atoms with Gasteiger partial charge < -0.3 is 29.0 Å². The first-order chi connectivity index (χ1) is 16.4. The second kappa shape index (κ2) is 10.3. The summed E-state index contributed by atoms with van der Waals surface area (Å²) in [6.45, 7) is 6.49. The lowest BCUT2D eigenvalue weighted by Gasteiger charge is -2.30. The van der Waals surface area contributed by atoms with Crippen LogP contribution in [0, 0.1) is 6.92 Å². The summed E-state index contributed by atoms with van der Waals surface area (Å²) in [5.41, 5.74) is 2.68. The lowest BCUT2D eigenvalue weighted by molar-refractivity contribution is -0.133. The fourth-order valence-electron chi connectivity index (χ4n) is 3.65. The Morgan fingerprint density at radius 2 is 1.76 bits per heavy atom. The summed E-state index contributed by atoms with van der Waals surface area (Å²) in [6, 6.07) is 16.3. The first kappa shape index (κ1) is 23.2. The molecule has 1 aromatic heterocycles. The Morgan fingerprint density at radius 1 is 1.00 bits per heavy atom. The van der Waals surface area contributed by atoms with E-state index in [-0.39, 0.29) is 37.9 Å². The zero-order valence-electron chi connectivity index (χ0n) is 19.6. The van der Waals surface area contributed by atoms with E-state index in [0.717, 1.165) is 11.1 Å². The third-order valence-electron chi connectivity index (χ3n) is 5.58. The Balaban J connectivity index is 1.49. The minimum absolute atomic E-state index is 0.0688. The van der Waals surface area contributed by atoms with E-state index in [2.05, 4.69) is 5.32 Å². The van der Waals surface area contributed by atoms with E-state index in [9.17, 15) is 9.59 Å². The van der Waals surface area contributed by atoms with Crippen LogP contribution in [-0.2, 0) is 17.9 Å². The topological polar surface area (TPSA) is 84.3 Å². The van der Waals surface area contributed by atoms with Crippen molar-refractivity contribution in [2.75, 3.05) is 18.7 Å². The molecule has 2 heterocycles. The standard InChI is InChI=1S/C26H29N3O5/c1-18(2)29(26(31)27-21-9-6-19(3)7-10-21)16-25(30)28(15-22-5-4-12-32-22)14-20-8-11-23-24(13-20)34-17-33-23/h4-13,18H,14-17H2,1-3H3,(H,27,31). The predicted octanol–water partition coefficient (Wildman–Crippen LogP) is 4.79. The van der Waals surface area contributed by atoms with E-state index >= 15 is 0 Å². The van der Waals surface area contributed by atoms with E-state index in [1.165, 1.54) is 4.90 Å². The third-order valence-corrected chi connectivity index (χ3v) is 5.58. The molecule has 0 saturated carbocycles. The van der Waals surface area contributed by atoms with E-state index < -0.39 is 0 Å². The molecule has 1 aliphatic rings. The van der Waals surface area contributed by atoms with Crippen LogP contribution in [0.4, 0.5) is 10.5 Å². The predicted molar refractivity (Wildman–Crippen MR) is 128 cm³/mol. The first-order valence-electron chi connectivity index (χ1n) is 11.2. The molecule has 0 atom stereocenters. The molecule has 0 radical (unpaired) electrons. The highest BCUT2D eigenvalue weighted by Gasteiger charge is 2.25.